The van der Waals surface area contributed by atoms with Crippen LogP contribution in [0.25, 0.3) is 61.7 Å². The highest BCUT2D eigenvalue weighted by molar-refractivity contribution is 5.96. The fraction of sp³-hybridized carbons (Fsp3) is 0.158. The van der Waals surface area contributed by atoms with Crippen LogP contribution in [0.15, 0.2) is 180 Å². The molecule has 11 rings (SSSR count). The first kappa shape index (κ1) is 36.7. The largest absolute Gasteiger partial charge is 0.456 e. The Balaban J connectivity index is 0.000000143. The Hall–Kier alpha value is -6.64. The smallest absolute Gasteiger partial charge is 0.135 e. The van der Waals surface area contributed by atoms with Crippen LogP contribution in [-0.2, 0) is 10.8 Å². The SMILES string of the molecule is CC1(c2ccc(-c3cccc4ccccc34)cc2)C=c2c(oc3ccccc23)=CC1.CC1C=CC(c2ccc(Nc3ccc4c(c3)C(C)(C)c3ccccc3-4)cc2)=CC1. The van der Waals surface area contributed by atoms with Crippen molar-refractivity contribution < 1.29 is 4.42 Å². The summed E-state index contributed by atoms with van der Waals surface area (Å²) >= 11 is 0. The van der Waals surface area contributed by atoms with Gasteiger partial charge < -0.3 is 9.73 Å². The average Bonchev–Trinajstić information content (AvgIpc) is 3.75. The molecule has 2 nitrogen and oxygen atoms in total. The first-order valence-electron chi connectivity index (χ1n) is 21.0. The van der Waals surface area contributed by atoms with Crippen molar-refractivity contribution in [3.63, 3.8) is 0 Å². The van der Waals surface area contributed by atoms with E-state index in [0.29, 0.717) is 5.92 Å². The molecule has 3 aliphatic carbocycles. The van der Waals surface area contributed by atoms with Gasteiger partial charge in [-0.15, -0.1) is 0 Å². The Morgan fingerprint density at radius 1 is 0.593 bits per heavy atom. The lowest BCUT2D eigenvalue weighted by molar-refractivity contribution is 0.558. The number of nitrogens with one attached hydrogen (secondary N) is 1. The highest BCUT2D eigenvalue weighted by atomic mass is 16.3. The minimum atomic E-state index is -0.0447. The fourth-order valence-electron chi connectivity index (χ4n) is 9.41. The molecule has 0 saturated heterocycles. The molecule has 2 heteroatoms. The number of rotatable bonds is 5. The van der Waals surface area contributed by atoms with Crippen LogP contribution in [0.4, 0.5) is 11.4 Å². The molecule has 0 amide bonds. The van der Waals surface area contributed by atoms with E-state index in [9.17, 15) is 0 Å². The van der Waals surface area contributed by atoms with Crippen molar-refractivity contribution in [1.29, 1.82) is 0 Å². The van der Waals surface area contributed by atoms with Crippen molar-refractivity contribution in [2.24, 2.45) is 5.92 Å². The van der Waals surface area contributed by atoms with Crippen LogP contribution in [0, 0.1) is 5.92 Å². The molecule has 1 heterocycles. The summed E-state index contributed by atoms with van der Waals surface area (Å²) in [4.78, 5) is 0. The van der Waals surface area contributed by atoms with Gasteiger partial charge in [0.25, 0.3) is 0 Å². The van der Waals surface area contributed by atoms with Crippen molar-refractivity contribution >= 4 is 50.8 Å². The molecular weight excluding hydrogens is 715 g/mol. The first-order valence-corrected chi connectivity index (χ1v) is 21.0. The van der Waals surface area contributed by atoms with E-state index in [1.54, 1.807) is 0 Å². The predicted octanol–water partition coefficient (Wildman–Crippen LogP) is 13.9. The fourth-order valence-corrected chi connectivity index (χ4v) is 9.41. The third kappa shape index (κ3) is 6.73. The van der Waals surface area contributed by atoms with E-state index in [1.165, 1.54) is 71.5 Å². The molecular formula is C57H49NO. The zero-order valence-electron chi connectivity index (χ0n) is 34.3. The number of anilines is 2. The van der Waals surface area contributed by atoms with E-state index >= 15 is 0 Å². The molecule has 7 aromatic carbocycles. The van der Waals surface area contributed by atoms with Crippen molar-refractivity contribution in [3.8, 4) is 22.3 Å². The number of allylic oxidation sites excluding steroid dienone is 4. The maximum absolute atomic E-state index is 6.05. The van der Waals surface area contributed by atoms with Gasteiger partial charge in [0.05, 0.1) is 0 Å². The van der Waals surface area contributed by atoms with Crippen LogP contribution in [0.1, 0.15) is 62.8 Å². The number of benzene rings is 7. The Morgan fingerprint density at radius 2 is 1.27 bits per heavy atom. The summed E-state index contributed by atoms with van der Waals surface area (Å²) in [5.41, 5.74) is 16.2. The normalized spacial score (nSPS) is 18.4. The molecule has 0 fully saturated rings. The summed E-state index contributed by atoms with van der Waals surface area (Å²) in [6.45, 7) is 9.22. The Labute approximate surface area is 347 Å². The lowest BCUT2D eigenvalue weighted by atomic mass is 9.76. The van der Waals surface area contributed by atoms with Gasteiger partial charge >= 0.3 is 0 Å². The molecule has 0 aliphatic heterocycles. The Morgan fingerprint density at radius 3 is 2.08 bits per heavy atom. The van der Waals surface area contributed by atoms with Crippen molar-refractivity contribution in [1.82, 2.24) is 0 Å². The first-order chi connectivity index (χ1) is 28.7. The van der Waals surface area contributed by atoms with Gasteiger partial charge in [-0.25, -0.2) is 0 Å². The van der Waals surface area contributed by atoms with Gasteiger partial charge in [-0.3, -0.25) is 0 Å². The molecule has 0 saturated carbocycles. The molecule has 0 spiro atoms. The maximum atomic E-state index is 6.05. The standard InChI is InChI=1S/C29H22O.C28H27N/c1-29(18-17-28-26(19-29)25-10-4-5-12-27(25)30-28)22-15-13-21(14-16-22)24-11-6-8-20-7-2-3-9-23(20)24;1-19-8-10-20(11-9-19)21-12-14-22(15-13-21)29-23-16-17-25-24-6-4-5-7-26(24)28(2,3)27(25)18-23/h2-17,19H,18H2,1H3;4-8,10-19,29H,9H2,1-3H3. The lowest BCUT2D eigenvalue weighted by Crippen LogP contribution is -2.32. The summed E-state index contributed by atoms with van der Waals surface area (Å²) < 4.78 is 6.05. The molecule has 0 bridgehead atoms. The van der Waals surface area contributed by atoms with E-state index in [2.05, 4.69) is 209 Å². The molecule has 288 valence electrons. The quantitative estimate of drug-likeness (QED) is 0.189. The highest BCUT2D eigenvalue weighted by Gasteiger charge is 2.35. The van der Waals surface area contributed by atoms with Crippen LogP contribution in [0.5, 0.6) is 0 Å². The number of fused-ring (bicyclic) bond motifs is 7. The number of hydrogen-bond donors (Lipinski definition) is 1. The van der Waals surface area contributed by atoms with Crippen LogP contribution in [0.2, 0.25) is 0 Å². The van der Waals surface area contributed by atoms with E-state index in [4.69, 9.17) is 4.42 Å². The topological polar surface area (TPSA) is 25.2 Å². The van der Waals surface area contributed by atoms with E-state index < -0.39 is 0 Å². The molecule has 1 N–H and O–H groups in total. The molecule has 1 aromatic heterocycles. The highest BCUT2D eigenvalue weighted by Crippen LogP contribution is 2.49. The third-order valence-electron chi connectivity index (χ3n) is 12.9. The zero-order chi connectivity index (χ0) is 40.1. The summed E-state index contributed by atoms with van der Waals surface area (Å²) in [5, 5.41) is 8.59. The summed E-state index contributed by atoms with van der Waals surface area (Å²) in [5.74, 6) is 0.648. The van der Waals surface area contributed by atoms with Crippen LogP contribution >= 0.6 is 0 Å². The van der Waals surface area contributed by atoms with Crippen molar-refractivity contribution in [2.75, 3.05) is 5.32 Å². The van der Waals surface area contributed by atoms with Gasteiger partial charge in [0, 0.05) is 32.8 Å². The molecule has 8 aromatic rings. The zero-order valence-corrected chi connectivity index (χ0v) is 34.3. The third-order valence-corrected chi connectivity index (χ3v) is 12.9. The number of para-hydroxylation sites is 1. The van der Waals surface area contributed by atoms with Gasteiger partial charge in [-0.05, 0) is 116 Å². The molecule has 2 atom stereocenters. The van der Waals surface area contributed by atoms with Gasteiger partial charge in [-0.1, -0.05) is 179 Å². The summed E-state index contributed by atoms with van der Waals surface area (Å²) in [7, 11) is 0. The second-order valence-electron chi connectivity index (χ2n) is 17.3. The van der Waals surface area contributed by atoms with Crippen LogP contribution in [-0.4, -0.2) is 0 Å². The minimum Gasteiger partial charge on any atom is -0.456 e. The monoisotopic (exact) mass is 763 g/mol. The predicted molar refractivity (Wildman–Crippen MR) is 250 cm³/mol. The second-order valence-corrected chi connectivity index (χ2v) is 17.3. The van der Waals surface area contributed by atoms with Crippen molar-refractivity contribution in [3.05, 3.63) is 209 Å². The number of furan rings is 1. The second kappa shape index (κ2) is 14.6. The van der Waals surface area contributed by atoms with Gasteiger partial charge in [-0.2, -0.15) is 0 Å². The molecule has 2 unspecified atom stereocenters. The van der Waals surface area contributed by atoms with E-state index in [0.717, 1.165) is 35.2 Å². The summed E-state index contributed by atoms with van der Waals surface area (Å²) in [6, 6.07) is 56.8. The maximum Gasteiger partial charge on any atom is 0.135 e. The van der Waals surface area contributed by atoms with Crippen molar-refractivity contribution in [2.45, 2.75) is 51.4 Å². The molecule has 3 aliphatic rings. The van der Waals surface area contributed by atoms with Gasteiger partial charge in [0.1, 0.15) is 11.0 Å². The average molecular weight is 764 g/mol. The van der Waals surface area contributed by atoms with E-state index in [-0.39, 0.29) is 10.8 Å². The minimum absolute atomic E-state index is 0.0321. The Kier molecular flexibility index (Phi) is 9.10. The van der Waals surface area contributed by atoms with Crippen LogP contribution < -0.4 is 16.0 Å². The molecule has 0 radical (unpaired) electrons. The summed E-state index contributed by atoms with van der Waals surface area (Å²) in [6.07, 6.45) is 13.6. The van der Waals surface area contributed by atoms with Crippen LogP contribution in [0.3, 0.4) is 0 Å². The number of hydrogen-bond acceptors (Lipinski definition) is 2. The lowest BCUT2D eigenvalue weighted by Gasteiger charge is -2.27. The Bertz CT molecular complexity index is 3060. The van der Waals surface area contributed by atoms with E-state index in [1.807, 2.05) is 12.1 Å². The molecule has 59 heavy (non-hydrogen) atoms. The van der Waals surface area contributed by atoms with Gasteiger partial charge in [0.15, 0.2) is 0 Å². The van der Waals surface area contributed by atoms with Gasteiger partial charge in [0.2, 0.25) is 0 Å².